The topological polar surface area (TPSA) is 109 Å². The standard InChI is InChI=1S/C13H16N2O6/c1-12(19,10(17)20-3)7-15-9(16)13(2,14-11(15)18)8-5-4-6-21-8/h4-6,19H,7H2,1-3H3,(H,14,18). The van der Waals surface area contributed by atoms with Crippen molar-refractivity contribution in [2.45, 2.75) is 25.0 Å². The van der Waals surface area contributed by atoms with E-state index in [1.165, 1.54) is 20.1 Å². The molecule has 1 saturated heterocycles. The highest BCUT2D eigenvalue weighted by atomic mass is 16.5. The number of ether oxygens (including phenoxy) is 1. The first-order chi connectivity index (χ1) is 9.72. The first-order valence-electron chi connectivity index (χ1n) is 6.21. The Morgan fingerprint density at radius 1 is 1.57 bits per heavy atom. The smallest absolute Gasteiger partial charge is 0.339 e. The van der Waals surface area contributed by atoms with Crippen LogP contribution in [-0.2, 0) is 19.9 Å². The zero-order chi connectivity index (χ0) is 15.8. The number of hydrogen-bond donors (Lipinski definition) is 2. The van der Waals surface area contributed by atoms with Gasteiger partial charge in [0.25, 0.3) is 5.91 Å². The second-order valence-corrected chi connectivity index (χ2v) is 5.19. The number of β-amino-alcohol motifs (C(OH)–C–C–N with tert-alkyl or cyclic N) is 1. The number of carbonyl (C=O) groups is 3. The maximum Gasteiger partial charge on any atom is 0.339 e. The third-order valence-corrected chi connectivity index (χ3v) is 3.38. The number of hydrogen-bond acceptors (Lipinski definition) is 6. The van der Waals surface area contributed by atoms with Crippen LogP contribution in [0.2, 0.25) is 0 Å². The number of imide groups is 1. The molecule has 1 aliphatic heterocycles. The van der Waals surface area contributed by atoms with Crippen molar-refractivity contribution in [2.24, 2.45) is 0 Å². The van der Waals surface area contributed by atoms with Gasteiger partial charge in [-0.3, -0.25) is 9.69 Å². The van der Waals surface area contributed by atoms with Crippen LogP contribution in [-0.4, -0.2) is 47.2 Å². The van der Waals surface area contributed by atoms with Gasteiger partial charge in [0, 0.05) is 0 Å². The summed E-state index contributed by atoms with van der Waals surface area (Å²) in [6.45, 7) is 2.14. The van der Waals surface area contributed by atoms with Crippen LogP contribution in [0.3, 0.4) is 0 Å². The number of urea groups is 1. The summed E-state index contributed by atoms with van der Waals surface area (Å²) in [6, 6.07) is 2.43. The van der Waals surface area contributed by atoms with Crippen LogP contribution in [0.15, 0.2) is 22.8 Å². The van der Waals surface area contributed by atoms with Gasteiger partial charge in [0.1, 0.15) is 5.76 Å². The molecule has 2 rings (SSSR count). The predicted octanol–water partition coefficient (Wildman–Crippen LogP) is -0.0294. The molecule has 0 aliphatic carbocycles. The van der Waals surface area contributed by atoms with Crippen molar-refractivity contribution in [3.8, 4) is 0 Å². The number of nitrogens with one attached hydrogen (secondary N) is 1. The Morgan fingerprint density at radius 3 is 2.76 bits per heavy atom. The average molecular weight is 296 g/mol. The zero-order valence-electron chi connectivity index (χ0n) is 11.9. The summed E-state index contributed by atoms with van der Waals surface area (Å²) < 4.78 is 9.61. The summed E-state index contributed by atoms with van der Waals surface area (Å²) in [5.74, 6) is -1.29. The molecule has 1 aromatic heterocycles. The highest BCUT2D eigenvalue weighted by Gasteiger charge is 2.53. The minimum Gasteiger partial charge on any atom is -0.467 e. The first kappa shape index (κ1) is 15.0. The lowest BCUT2D eigenvalue weighted by molar-refractivity contribution is -0.162. The molecule has 0 saturated carbocycles. The highest BCUT2D eigenvalue weighted by molar-refractivity contribution is 6.07. The minimum absolute atomic E-state index is 0.265. The van der Waals surface area contributed by atoms with Crippen LogP contribution in [0.1, 0.15) is 19.6 Å². The minimum atomic E-state index is -1.99. The van der Waals surface area contributed by atoms with E-state index in [1.54, 1.807) is 12.1 Å². The number of amides is 3. The van der Waals surface area contributed by atoms with Gasteiger partial charge in [-0.1, -0.05) is 0 Å². The molecule has 2 N–H and O–H groups in total. The highest BCUT2D eigenvalue weighted by Crippen LogP contribution is 2.30. The molecule has 114 valence electrons. The Kier molecular flexibility index (Phi) is 3.50. The molecule has 1 aromatic rings. The molecular weight excluding hydrogens is 280 g/mol. The molecule has 0 spiro atoms. The molecule has 8 heteroatoms. The molecule has 0 radical (unpaired) electrons. The summed E-state index contributed by atoms with van der Waals surface area (Å²) in [5, 5.41) is 12.5. The average Bonchev–Trinajstić information content (AvgIpc) is 3.02. The summed E-state index contributed by atoms with van der Waals surface area (Å²) >= 11 is 0. The van der Waals surface area contributed by atoms with Crippen molar-refractivity contribution < 1.29 is 28.6 Å². The van der Waals surface area contributed by atoms with Crippen LogP contribution in [0, 0.1) is 0 Å². The van der Waals surface area contributed by atoms with E-state index in [1.807, 2.05) is 0 Å². The van der Waals surface area contributed by atoms with Crippen molar-refractivity contribution >= 4 is 17.9 Å². The van der Waals surface area contributed by atoms with Gasteiger partial charge in [0.05, 0.1) is 19.9 Å². The number of rotatable bonds is 4. The molecular formula is C13H16N2O6. The Labute approximate surface area is 120 Å². The summed E-state index contributed by atoms with van der Waals surface area (Å²) in [5.41, 5.74) is -3.36. The van der Waals surface area contributed by atoms with Gasteiger partial charge in [0.15, 0.2) is 11.1 Å². The molecule has 2 unspecified atom stereocenters. The van der Waals surface area contributed by atoms with Gasteiger partial charge in [0.2, 0.25) is 0 Å². The fourth-order valence-corrected chi connectivity index (χ4v) is 2.16. The van der Waals surface area contributed by atoms with Crippen LogP contribution < -0.4 is 5.32 Å². The molecule has 0 bridgehead atoms. The van der Waals surface area contributed by atoms with Crippen molar-refractivity contribution in [1.82, 2.24) is 10.2 Å². The van der Waals surface area contributed by atoms with Gasteiger partial charge >= 0.3 is 12.0 Å². The molecule has 8 nitrogen and oxygen atoms in total. The van der Waals surface area contributed by atoms with E-state index in [-0.39, 0.29) is 5.76 Å². The Bertz CT molecular complexity index is 579. The van der Waals surface area contributed by atoms with Gasteiger partial charge in [-0.25, -0.2) is 9.59 Å². The van der Waals surface area contributed by atoms with Crippen LogP contribution in [0.25, 0.3) is 0 Å². The van der Waals surface area contributed by atoms with Crippen LogP contribution in [0.5, 0.6) is 0 Å². The van der Waals surface area contributed by atoms with Gasteiger partial charge in [-0.05, 0) is 26.0 Å². The lowest BCUT2D eigenvalue weighted by Crippen LogP contribution is -2.50. The SMILES string of the molecule is COC(=O)C(C)(O)CN1C(=O)NC(C)(c2ccco2)C1=O. The number of carbonyl (C=O) groups excluding carboxylic acids is 3. The van der Waals surface area contributed by atoms with Crippen LogP contribution in [0.4, 0.5) is 4.79 Å². The summed E-state index contributed by atoms with van der Waals surface area (Å²) in [7, 11) is 1.11. The fourth-order valence-electron chi connectivity index (χ4n) is 2.16. The second-order valence-electron chi connectivity index (χ2n) is 5.19. The van der Waals surface area contributed by atoms with E-state index in [4.69, 9.17) is 4.42 Å². The molecule has 0 aromatic carbocycles. The van der Waals surface area contributed by atoms with E-state index in [2.05, 4.69) is 10.1 Å². The lowest BCUT2D eigenvalue weighted by Gasteiger charge is -2.25. The number of nitrogens with zero attached hydrogens (tertiary/aromatic N) is 1. The number of furan rings is 1. The van der Waals surface area contributed by atoms with E-state index in [0.29, 0.717) is 0 Å². The van der Waals surface area contributed by atoms with E-state index in [9.17, 15) is 19.5 Å². The van der Waals surface area contributed by atoms with Gasteiger partial charge < -0.3 is 19.6 Å². The fraction of sp³-hybridized carbons (Fsp3) is 0.462. The van der Waals surface area contributed by atoms with E-state index >= 15 is 0 Å². The maximum absolute atomic E-state index is 12.4. The number of methoxy groups -OCH3 is 1. The largest absolute Gasteiger partial charge is 0.467 e. The van der Waals surface area contributed by atoms with E-state index < -0.39 is 35.6 Å². The predicted molar refractivity (Wildman–Crippen MR) is 68.9 cm³/mol. The molecule has 1 aliphatic rings. The van der Waals surface area contributed by atoms with Gasteiger partial charge in [-0.15, -0.1) is 0 Å². The van der Waals surface area contributed by atoms with Crippen molar-refractivity contribution in [3.05, 3.63) is 24.2 Å². The third kappa shape index (κ3) is 2.38. The Hall–Kier alpha value is -2.35. The summed E-state index contributed by atoms with van der Waals surface area (Å²) in [6.07, 6.45) is 1.38. The number of aliphatic hydroxyl groups is 1. The molecule has 1 fully saturated rings. The molecule has 2 heterocycles. The quantitative estimate of drug-likeness (QED) is 0.596. The Balaban J connectivity index is 2.26. The molecule has 3 amide bonds. The first-order valence-corrected chi connectivity index (χ1v) is 6.21. The summed E-state index contributed by atoms with van der Waals surface area (Å²) in [4.78, 5) is 36.6. The molecule has 21 heavy (non-hydrogen) atoms. The maximum atomic E-state index is 12.4. The second kappa shape index (κ2) is 4.88. The molecule has 2 atom stereocenters. The van der Waals surface area contributed by atoms with Crippen molar-refractivity contribution in [1.29, 1.82) is 0 Å². The van der Waals surface area contributed by atoms with Gasteiger partial charge in [-0.2, -0.15) is 0 Å². The van der Waals surface area contributed by atoms with Crippen LogP contribution >= 0.6 is 0 Å². The monoisotopic (exact) mass is 296 g/mol. The third-order valence-electron chi connectivity index (χ3n) is 3.38. The normalized spacial score (nSPS) is 24.7. The lowest BCUT2D eigenvalue weighted by atomic mass is 9.98. The van der Waals surface area contributed by atoms with E-state index in [0.717, 1.165) is 12.0 Å². The van der Waals surface area contributed by atoms with Crippen molar-refractivity contribution in [3.63, 3.8) is 0 Å². The number of esters is 1. The van der Waals surface area contributed by atoms with Crippen molar-refractivity contribution in [2.75, 3.05) is 13.7 Å². The zero-order valence-corrected chi connectivity index (χ0v) is 11.9. The Morgan fingerprint density at radius 2 is 2.24 bits per heavy atom.